The lowest BCUT2D eigenvalue weighted by Crippen LogP contribution is -2.46. The van der Waals surface area contributed by atoms with Crippen LogP contribution >= 0.6 is 0 Å². The summed E-state index contributed by atoms with van der Waals surface area (Å²) in [6, 6.07) is 5.74. The number of esters is 2. The zero-order valence-electron chi connectivity index (χ0n) is 28.6. The Balaban J connectivity index is 3.25. The van der Waals surface area contributed by atoms with Crippen molar-refractivity contribution in [1.82, 2.24) is 5.32 Å². The Kier molecular flexibility index (Phi) is 13.7. The lowest BCUT2D eigenvalue weighted by Gasteiger charge is -2.28. The fraction of sp³-hybridized carbons (Fsp3) is 0.697. The first-order valence-electron chi connectivity index (χ1n) is 15.0. The van der Waals surface area contributed by atoms with Gasteiger partial charge in [-0.1, -0.05) is 12.1 Å². The van der Waals surface area contributed by atoms with Crippen LogP contribution in [0.25, 0.3) is 0 Å². The topological polar surface area (TPSA) is 120 Å². The quantitative estimate of drug-likeness (QED) is 0.208. The molecule has 250 valence electrons. The number of amides is 2. The average molecular weight is 625 g/mol. The van der Waals surface area contributed by atoms with Crippen LogP contribution in [0.1, 0.15) is 101 Å². The van der Waals surface area contributed by atoms with E-state index in [0.29, 0.717) is 5.69 Å². The Morgan fingerprint density at radius 1 is 0.705 bits per heavy atom. The molecule has 0 spiro atoms. The molecule has 44 heavy (non-hydrogen) atoms. The van der Waals surface area contributed by atoms with Crippen LogP contribution in [0.2, 0.25) is 0 Å². The van der Waals surface area contributed by atoms with Crippen molar-refractivity contribution in [2.24, 2.45) is 5.92 Å². The van der Waals surface area contributed by atoms with E-state index in [9.17, 15) is 23.6 Å². The molecule has 0 saturated carbocycles. The number of halogens is 1. The van der Waals surface area contributed by atoms with Gasteiger partial charge in [0.05, 0.1) is 12.5 Å². The molecule has 2 atom stereocenters. The minimum absolute atomic E-state index is 0.0824. The van der Waals surface area contributed by atoms with E-state index < -0.39 is 65.2 Å². The first-order valence-corrected chi connectivity index (χ1v) is 15.0. The van der Waals surface area contributed by atoms with Gasteiger partial charge in [-0.05, 0) is 120 Å². The molecule has 10 nitrogen and oxygen atoms in total. The summed E-state index contributed by atoms with van der Waals surface area (Å²) in [7, 11) is 0. The van der Waals surface area contributed by atoms with Crippen molar-refractivity contribution < 1.29 is 42.5 Å². The van der Waals surface area contributed by atoms with Gasteiger partial charge in [0, 0.05) is 5.69 Å². The summed E-state index contributed by atoms with van der Waals surface area (Å²) in [5, 5.41) is 2.59. The summed E-state index contributed by atoms with van der Waals surface area (Å²) in [6.45, 7) is 19.9. The van der Waals surface area contributed by atoms with Crippen LogP contribution in [0.5, 0.6) is 0 Å². The summed E-state index contributed by atoms with van der Waals surface area (Å²) in [6.07, 6.45) is -0.930. The van der Waals surface area contributed by atoms with Crippen LogP contribution in [-0.4, -0.2) is 65.8 Å². The summed E-state index contributed by atoms with van der Waals surface area (Å²) >= 11 is 0. The highest BCUT2D eigenvalue weighted by Gasteiger charge is 2.32. The second kappa shape index (κ2) is 15.6. The molecule has 0 heterocycles. The molecule has 0 aliphatic rings. The van der Waals surface area contributed by atoms with E-state index in [1.807, 2.05) is 0 Å². The maximum absolute atomic E-state index is 13.3. The number of anilines is 1. The number of benzene rings is 1. The van der Waals surface area contributed by atoms with Crippen molar-refractivity contribution in [2.75, 3.05) is 18.1 Å². The zero-order chi connectivity index (χ0) is 34.1. The van der Waals surface area contributed by atoms with Gasteiger partial charge in [0.15, 0.2) is 0 Å². The lowest BCUT2D eigenvalue weighted by atomic mass is 9.92. The lowest BCUT2D eigenvalue weighted by molar-refractivity contribution is -0.162. The third-order valence-electron chi connectivity index (χ3n) is 5.58. The predicted molar refractivity (Wildman–Crippen MR) is 167 cm³/mol. The maximum Gasteiger partial charge on any atom is 0.414 e. The summed E-state index contributed by atoms with van der Waals surface area (Å²) in [4.78, 5) is 52.8. The van der Waals surface area contributed by atoms with Gasteiger partial charge in [0.1, 0.15) is 35.1 Å². The molecule has 11 heteroatoms. The molecule has 0 aliphatic carbocycles. The van der Waals surface area contributed by atoms with Crippen LogP contribution in [0.15, 0.2) is 24.3 Å². The Morgan fingerprint density at radius 2 is 1.18 bits per heavy atom. The highest BCUT2D eigenvalue weighted by Crippen LogP contribution is 2.25. The van der Waals surface area contributed by atoms with Crippen molar-refractivity contribution in [1.29, 1.82) is 0 Å². The number of hydrogen-bond acceptors (Lipinski definition) is 8. The van der Waals surface area contributed by atoms with Crippen molar-refractivity contribution in [3.05, 3.63) is 29.8 Å². The molecule has 0 radical (unpaired) electrons. The number of nitrogens with zero attached hydrogens (tertiary/aromatic N) is 1. The minimum Gasteiger partial charge on any atom is -0.460 e. The van der Waals surface area contributed by atoms with Gasteiger partial charge in [-0.2, -0.15) is 0 Å². The molecule has 2 amide bonds. The average Bonchev–Trinajstić information content (AvgIpc) is 2.80. The van der Waals surface area contributed by atoms with Crippen molar-refractivity contribution in [2.45, 2.75) is 131 Å². The van der Waals surface area contributed by atoms with E-state index in [0.717, 1.165) is 5.56 Å². The number of alkyl halides is 1. The largest absolute Gasteiger partial charge is 0.460 e. The Bertz CT molecular complexity index is 1110. The van der Waals surface area contributed by atoms with Gasteiger partial charge in [-0.15, -0.1) is 0 Å². The smallest absolute Gasteiger partial charge is 0.414 e. The monoisotopic (exact) mass is 624 g/mol. The first-order chi connectivity index (χ1) is 19.9. The molecule has 1 N–H and O–H groups in total. The van der Waals surface area contributed by atoms with Crippen molar-refractivity contribution >= 4 is 29.8 Å². The summed E-state index contributed by atoms with van der Waals surface area (Å²) in [5.41, 5.74) is -1.88. The zero-order valence-corrected chi connectivity index (χ0v) is 28.6. The van der Waals surface area contributed by atoms with E-state index in [1.165, 1.54) is 4.90 Å². The second-order valence-electron chi connectivity index (χ2n) is 14.7. The molecule has 0 fully saturated rings. The fourth-order valence-electron chi connectivity index (χ4n) is 3.95. The maximum atomic E-state index is 13.3. The van der Waals surface area contributed by atoms with Crippen LogP contribution in [-0.2, 0) is 35.0 Å². The summed E-state index contributed by atoms with van der Waals surface area (Å²) < 4.78 is 35.3. The second-order valence-corrected chi connectivity index (χ2v) is 14.7. The van der Waals surface area contributed by atoms with Gasteiger partial charge in [-0.25, -0.2) is 18.8 Å². The molecule has 0 bridgehead atoms. The van der Waals surface area contributed by atoms with Crippen molar-refractivity contribution in [3.8, 4) is 0 Å². The SMILES string of the molecule is CC(C)(C)OC(=O)N[C@@H](CCC(Cc1ccc(N(CCF)C(=O)OC(C)(C)C)cc1)C(=O)OC(C)(C)C)C(=O)OC(C)(C)C. The minimum atomic E-state index is -1.07. The molecule has 0 aliphatic heterocycles. The first kappa shape index (κ1) is 38.7. The van der Waals surface area contributed by atoms with E-state index in [1.54, 1.807) is 107 Å². The highest BCUT2D eigenvalue weighted by molar-refractivity contribution is 5.88. The van der Waals surface area contributed by atoms with Crippen LogP contribution in [0.4, 0.5) is 19.7 Å². The number of ether oxygens (including phenoxy) is 4. The number of rotatable bonds is 11. The highest BCUT2D eigenvalue weighted by atomic mass is 19.1. The normalized spacial score (nSPS) is 13.8. The molecule has 1 aromatic carbocycles. The Hall–Kier alpha value is -3.37. The standard InChI is InChI=1S/C33H53FN2O8/c1-30(2,3)41-26(37)23(15-18-25(27(38)42-31(4,5)6)35-28(39)43-32(7,8)9)21-22-13-16-24(17-14-22)36(20-19-34)29(40)44-33(10,11)12/h13-14,16-17,23,25H,15,18-21H2,1-12H3,(H,35,39)/t23?,25-/m0/s1. The van der Waals surface area contributed by atoms with Gasteiger partial charge in [0.2, 0.25) is 0 Å². The van der Waals surface area contributed by atoms with Crippen LogP contribution in [0.3, 0.4) is 0 Å². The predicted octanol–water partition coefficient (Wildman–Crippen LogP) is 6.91. The molecule has 0 saturated heterocycles. The Morgan fingerprint density at radius 3 is 1.64 bits per heavy atom. The third kappa shape index (κ3) is 15.9. The molecular formula is C33H53FN2O8. The number of carbonyl (C=O) groups is 4. The number of carbonyl (C=O) groups excluding carboxylic acids is 4. The van der Waals surface area contributed by atoms with E-state index in [4.69, 9.17) is 18.9 Å². The van der Waals surface area contributed by atoms with E-state index >= 15 is 0 Å². The van der Waals surface area contributed by atoms with E-state index in [-0.39, 0.29) is 25.8 Å². The number of alkyl carbamates (subject to hydrolysis) is 1. The molecule has 1 aromatic rings. The number of nitrogens with one attached hydrogen (secondary N) is 1. The molecular weight excluding hydrogens is 571 g/mol. The Labute approximate surface area is 262 Å². The van der Waals surface area contributed by atoms with Gasteiger partial charge < -0.3 is 24.3 Å². The van der Waals surface area contributed by atoms with E-state index in [2.05, 4.69) is 5.32 Å². The fourth-order valence-corrected chi connectivity index (χ4v) is 3.95. The third-order valence-corrected chi connectivity index (χ3v) is 5.58. The number of hydrogen-bond donors (Lipinski definition) is 1. The van der Waals surface area contributed by atoms with Crippen LogP contribution < -0.4 is 10.2 Å². The summed E-state index contributed by atoms with van der Waals surface area (Å²) in [5.74, 6) is -1.79. The van der Waals surface area contributed by atoms with Gasteiger partial charge in [0.25, 0.3) is 0 Å². The van der Waals surface area contributed by atoms with Crippen LogP contribution in [0, 0.1) is 5.92 Å². The van der Waals surface area contributed by atoms with Crippen molar-refractivity contribution in [3.63, 3.8) is 0 Å². The molecule has 1 rings (SSSR count). The molecule has 1 unspecified atom stereocenters. The van der Waals surface area contributed by atoms with Gasteiger partial charge >= 0.3 is 24.1 Å². The van der Waals surface area contributed by atoms with Gasteiger partial charge in [-0.3, -0.25) is 9.69 Å². The molecule has 0 aromatic heterocycles.